The molecule has 2 heterocycles. The summed E-state index contributed by atoms with van der Waals surface area (Å²) in [5.41, 5.74) is 0.557. The number of halogens is 2. The Kier molecular flexibility index (Phi) is 4.15. The van der Waals surface area contributed by atoms with E-state index in [9.17, 15) is 4.79 Å². The fourth-order valence-corrected chi connectivity index (χ4v) is 4.95. The molecule has 2 rings (SSSR count). The molecule has 0 fully saturated rings. The van der Waals surface area contributed by atoms with Gasteiger partial charge in [-0.05, 0) is 49.4 Å². The summed E-state index contributed by atoms with van der Waals surface area (Å²) in [6.07, 6.45) is 0. The molecule has 0 aromatic carbocycles. The molecule has 0 radical (unpaired) electrons. The Hall–Kier alpha value is -0.480. The van der Waals surface area contributed by atoms with Gasteiger partial charge in [0.15, 0.2) is 5.78 Å². The molecule has 0 aliphatic rings. The van der Waals surface area contributed by atoms with Gasteiger partial charge in [-0.2, -0.15) is 5.26 Å². The van der Waals surface area contributed by atoms with E-state index in [0.717, 1.165) is 12.4 Å². The van der Waals surface area contributed by atoms with Gasteiger partial charge in [0.1, 0.15) is 5.92 Å². The molecule has 1 atom stereocenters. The number of ketones is 1. The second kappa shape index (κ2) is 5.44. The second-order valence-corrected chi connectivity index (χ2v) is 7.91. The maximum atomic E-state index is 12.2. The van der Waals surface area contributed by atoms with E-state index in [2.05, 4.69) is 37.9 Å². The van der Waals surface area contributed by atoms with Crippen molar-refractivity contribution in [3.05, 3.63) is 41.6 Å². The van der Waals surface area contributed by atoms with E-state index in [1.54, 1.807) is 6.07 Å². The monoisotopic (exact) mass is 389 g/mol. The highest BCUT2D eigenvalue weighted by Crippen LogP contribution is 2.35. The average molecular weight is 391 g/mol. The van der Waals surface area contributed by atoms with Crippen molar-refractivity contribution in [2.45, 2.75) is 5.92 Å². The summed E-state index contributed by atoms with van der Waals surface area (Å²) in [5.74, 6) is -0.878. The lowest BCUT2D eigenvalue weighted by Crippen LogP contribution is -2.09. The average Bonchev–Trinajstić information content (AvgIpc) is 2.89. The van der Waals surface area contributed by atoms with Crippen molar-refractivity contribution in [2.75, 3.05) is 0 Å². The Balaban J connectivity index is 2.37. The van der Waals surface area contributed by atoms with Crippen molar-refractivity contribution >= 4 is 60.3 Å². The van der Waals surface area contributed by atoms with Crippen LogP contribution in [0.1, 0.15) is 21.2 Å². The van der Waals surface area contributed by atoms with Crippen LogP contribution >= 0.6 is 54.5 Å². The van der Waals surface area contributed by atoms with Crippen LogP contribution in [0.3, 0.4) is 0 Å². The number of carbonyl (C=O) groups is 1. The van der Waals surface area contributed by atoms with Crippen LogP contribution in [-0.4, -0.2) is 5.78 Å². The van der Waals surface area contributed by atoms with E-state index >= 15 is 0 Å². The molecule has 2 aromatic heterocycles. The zero-order chi connectivity index (χ0) is 12.4. The van der Waals surface area contributed by atoms with Crippen LogP contribution in [0, 0.1) is 11.3 Å². The Morgan fingerprint density at radius 3 is 2.71 bits per heavy atom. The van der Waals surface area contributed by atoms with E-state index in [0.29, 0.717) is 5.56 Å². The third-order valence-electron chi connectivity index (χ3n) is 2.14. The minimum Gasteiger partial charge on any atom is -0.292 e. The van der Waals surface area contributed by atoms with E-state index in [1.807, 2.05) is 17.5 Å². The van der Waals surface area contributed by atoms with Gasteiger partial charge in [0.05, 0.1) is 13.6 Å². The molecular weight excluding hydrogens is 386 g/mol. The Morgan fingerprint density at radius 2 is 2.24 bits per heavy atom. The third kappa shape index (κ3) is 2.68. The van der Waals surface area contributed by atoms with Crippen LogP contribution < -0.4 is 0 Å². The molecule has 0 aliphatic heterocycles. The topological polar surface area (TPSA) is 40.9 Å². The number of hydrogen-bond donors (Lipinski definition) is 0. The van der Waals surface area contributed by atoms with Gasteiger partial charge in [0.25, 0.3) is 0 Å². The number of nitriles is 1. The van der Waals surface area contributed by atoms with Crippen LogP contribution in [0.15, 0.2) is 31.2 Å². The van der Waals surface area contributed by atoms with Gasteiger partial charge in [-0.15, -0.1) is 22.7 Å². The van der Waals surface area contributed by atoms with Crippen LogP contribution in [0.4, 0.5) is 0 Å². The predicted molar refractivity (Wildman–Crippen MR) is 76.7 cm³/mol. The highest BCUT2D eigenvalue weighted by atomic mass is 79.9. The van der Waals surface area contributed by atoms with Gasteiger partial charge in [0.2, 0.25) is 0 Å². The van der Waals surface area contributed by atoms with E-state index in [-0.39, 0.29) is 5.78 Å². The minimum atomic E-state index is -0.715. The van der Waals surface area contributed by atoms with Gasteiger partial charge >= 0.3 is 0 Å². The van der Waals surface area contributed by atoms with E-state index < -0.39 is 5.92 Å². The zero-order valence-electron chi connectivity index (χ0n) is 8.31. The first kappa shape index (κ1) is 13.0. The molecular formula is C11H5Br2NOS2. The molecule has 2 aromatic rings. The number of Topliss-reactive ketones (excluding diaryl/α,β-unsaturated/α-hetero) is 1. The quantitative estimate of drug-likeness (QED) is 0.704. The number of carbonyl (C=O) groups excluding carboxylic acids is 1. The van der Waals surface area contributed by atoms with Crippen molar-refractivity contribution in [3.8, 4) is 6.07 Å². The highest BCUT2D eigenvalue weighted by Gasteiger charge is 2.25. The van der Waals surface area contributed by atoms with Crippen molar-refractivity contribution < 1.29 is 4.79 Å². The maximum absolute atomic E-state index is 12.2. The van der Waals surface area contributed by atoms with Crippen molar-refractivity contribution in [1.29, 1.82) is 5.26 Å². The smallest absolute Gasteiger partial charge is 0.187 e. The van der Waals surface area contributed by atoms with Gasteiger partial charge in [0, 0.05) is 10.4 Å². The van der Waals surface area contributed by atoms with Gasteiger partial charge in [-0.25, -0.2) is 0 Å². The van der Waals surface area contributed by atoms with Crippen LogP contribution in [0.5, 0.6) is 0 Å². The fourth-order valence-electron chi connectivity index (χ4n) is 1.37. The molecule has 0 spiro atoms. The van der Waals surface area contributed by atoms with Crippen LogP contribution in [-0.2, 0) is 0 Å². The summed E-state index contributed by atoms with van der Waals surface area (Å²) >= 11 is 9.52. The molecule has 86 valence electrons. The first-order valence-electron chi connectivity index (χ1n) is 4.55. The molecule has 0 N–H and O–H groups in total. The van der Waals surface area contributed by atoms with E-state index in [1.165, 1.54) is 22.7 Å². The molecule has 6 heteroatoms. The summed E-state index contributed by atoms with van der Waals surface area (Å²) < 4.78 is 1.63. The summed E-state index contributed by atoms with van der Waals surface area (Å²) in [7, 11) is 0. The van der Waals surface area contributed by atoms with Gasteiger partial charge < -0.3 is 0 Å². The second-order valence-electron chi connectivity index (χ2n) is 3.18. The van der Waals surface area contributed by atoms with Crippen LogP contribution in [0.2, 0.25) is 0 Å². The zero-order valence-corrected chi connectivity index (χ0v) is 13.1. The Morgan fingerprint density at radius 1 is 1.47 bits per heavy atom. The highest BCUT2D eigenvalue weighted by molar-refractivity contribution is 9.12. The summed E-state index contributed by atoms with van der Waals surface area (Å²) in [6.45, 7) is 0. The van der Waals surface area contributed by atoms with Crippen molar-refractivity contribution in [1.82, 2.24) is 0 Å². The lowest BCUT2D eigenvalue weighted by Gasteiger charge is -2.04. The molecule has 0 aliphatic carbocycles. The SMILES string of the molecule is N#CC(C(=O)c1cc(Br)sc1Br)c1cccs1. The maximum Gasteiger partial charge on any atom is 0.187 e. The Labute approximate surface area is 123 Å². The minimum absolute atomic E-state index is 0.163. The van der Waals surface area contributed by atoms with Crippen LogP contribution in [0.25, 0.3) is 0 Å². The number of hydrogen-bond acceptors (Lipinski definition) is 4. The number of rotatable bonds is 3. The molecule has 17 heavy (non-hydrogen) atoms. The van der Waals surface area contributed by atoms with Gasteiger partial charge in [-0.1, -0.05) is 6.07 Å². The van der Waals surface area contributed by atoms with Crippen molar-refractivity contribution in [2.24, 2.45) is 0 Å². The lowest BCUT2D eigenvalue weighted by molar-refractivity contribution is 0.0979. The summed E-state index contributed by atoms with van der Waals surface area (Å²) in [4.78, 5) is 13.0. The third-order valence-corrected chi connectivity index (χ3v) is 5.42. The summed E-state index contributed by atoms with van der Waals surface area (Å²) in [6, 6.07) is 7.47. The molecule has 0 saturated carbocycles. The largest absolute Gasteiger partial charge is 0.292 e. The lowest BCUT2D eigenvalue weighted by atomic mass is 10.00. The van der Waals surface area contributed by atoms with Gasteiger partial charge in [-0.3, -0.25) is 4.79 Å². The Bertz CT molecular complexity index is 583. The molecule has 0 bridgehead atoms. The predicted octanol–water partition coefficient (Wildman–Crippen LogP) is 4.82. The molecule has 1 unspecified atom stereocenters. The normalized spacial score (nSPS) is 12.1. The number of nitrogens with zero attached hydrogens (tertiary/aromatic N) is 1. The van der Waals surface area contributed by atoms with Crippen molar-refractivity contribution in [3.63, 3.8) is 0 Å². The first-order valence-corrected chi connectivity index (χ1v) is 7.83. The molecule has 2 nitrogen and oxygen atoms in total. The molecule has 0 saturated heterocycles. The standard InChI is InChI=1S/C11H5Br2NOS2/c12-9-4-6(11(13)17-9)10(15)7(5-14)8-2-1-3-16-8/h1-4,7H. The fraction of sp³-hybridized carbons (Fsp3) is 0.0909. The van der Waals surface area contributed by atoms with E-state index in [4.69, 9.17) is 5.26 Å². The molecule has 0 amide bonds. The first-order chi connectivity index (χ1) is 8.13. The number of thiophene rings is 2. The summed E-state index contributed by atoms with van der Waals surface area (Å²) in [5, 5.41) is 11.0.